The molecule has 6 rings (SSSR count). The maximum atomic E-state index is 14.0. The van der Waals surface area contributed by atoms with Gasteiger partial charge in [-0.25, -0.2) is 19.8 Å². The number of carboxylic acids is 1. The Kier molecular flexibility index (Phi) is 7.42. The molecule has 5 aromatic heterocycles. The van der Waals surface area contributed by atoms with Crippen molar-refractivity contribution in [2.45, 2.75) is 13.7 Å². The number of benzene rings is 1. The van der Waals surface area contributed by atoms with Crippen molar-refractivity contribution < 1.29 is 19.2 Å². The molecular formula is C32H34N6O5S. The van der Waals surface area contributed by atoms with E-state index in [1.165, 1.54) is 12.1 Å². The summed E-state index contributed by atoms with van der Waals surface area (Å²) >= 11 is 0. The van der Waals surface area contributed by atoms with Gasteiger partial charge in [0.05, 0.1) is 47.0 Å². The van der Waals surface area contributed by atoms with Crippen LogP contribution in [0, 0.1) is 6.92 Å². The van der Waals surface area contributed by atoms with Crippen molar-refractivity contribution in [3.8, 4) is 33.7 Å². The lowest BCUT2D eigenvalue weighted by molar-refractivity contribution is 0.0697. The summed E-state index contributed by atoms with van der Waals surface area (Å²) in [5.74, 6) is 0.269. The average Bonchev–Trinajstić information content (AvgIpc) is 3.70. The number of pyridine rings is 2. The van der Waals surface area contributed by atoms with Crippen LogP contribution in [0.5, 0.6) is 0 Å². The molecule has 1 N–H and O–H groups in total. The van der Waals surface area contributed by atoms with Crippen molar-refractivity contribution in [2.24, 2.45) is 14.1 Å². The number of carboxylic acid groups (broad SMARTS) is 1. The van der Waals surface area contributed by atoms with Crippen LogP contribution in [-0.2, 0) is 25.6 Å². The van der Waals surface area contributed by atoms with Gasteiger partial charge in [-0.15, -0.1) is 0 Å². The maximum absolute atomic E-state index is 14.0. The van der Waals surface area contributed by atoms with E-state index < -0.39 is 16.0 Å². The molecule has 0 saturated carbocycles. The molecule has 44 heavy (non-hydrogen) atoms. The highest BCUT2D eigenvalue weighted by atomic mass is 32.3. The Bertz CT molecular complexity index is 2100. The van der Waals surface area contributed by atoms with E-state index in [2.05, 4.69) is 35.1 Å². The normalized spacial score (nSPS) is 12.4. The molecule has 0 bridgehead atoms. The monoisotopic (exact) mass is 614 g/mol. The fraction of sp³-hybridized carbons (Fsp3) is 0.281. The highest BCUT2D eigenvalue weighted by Crippen LogP contribution is 2.41. The Hall–Kier alpha value is -4.68. The number of ether oxygens (including phenoxy) is 1. The molecule has 1 aromatic carbocycles. The SMILES string of the molecule is Cc1cc(-c2c(-c3ccc(C(=O)O)cc3)c3c4cc(-c5cnn(C)c5)n(COCCS(C)(C)C)c4ncc3n(C)c2=O)on1. The molecule has 0 fully saturated rings. The van der Waals surface area contributed by atoms with Crippen molar-refractivity contribution in [3.05, 3.63) is 76.6 Å². The number of rotatable bonds is 9. The Morgan fingerprint density at radius 3 is 2.41 bits per heavy atom. The number of carbonyl (C=O) groups is 1. The van der Waals surface area contributed by atoms with Crippen molar-refractivity contribution in [3.63, 3.8) is 0 Å². The van der Waals surface area contributed by atoms with Crippen LogP contribution in [0.15, 0.2) is 64.3 Å². The molecule has 0 atom stereocenters. The minimum atomic E-state index is -1.03. The lowest BCUT2D eigenvalue weighted by Crippen LogP contribution is -2.20. The molecule has 6 aromatic rings. The lowest BCUT2D eigenvalue weighted by atomic mass is 9.93. The number of fused-ring (bicyclic) bond motifs is 3. The third kappa shape index (κ3) is 5.31. The number of aryl methyl sites for hydroxylation is 3. The summed E-state index contributed by atoms with van der Waals surface area (Å²) in [6.07, 6.45) is 12.2. The van der Waals surface area contributed by atoms with E-state index in [-0.39, 0.29) is 17.9 Å². The Labute approximate surface area is 255 Å². The summed E-state index contributed by atoms with van der Waals surface area (Å²) in [5.41, 5.74) is 5.15. The smallest absolute Gasteiger partial charge is 0.335 e. The van der Waals surface area contributed by atoms with Gasteiger partial charge in [0.25, 0.3) is 5.56 Å². The zero-order chi connectivity index (χ0) is 31.3. The van der Waals surface area contributed by atoms with Gasteiger partial charge in [-0.05, 0) is 49.5 Å². The van der Waals surface area contributed by atoms with Crippen LogP contribution in [0.2, 0.25) is 0 Å². The second kappa shape index (κ2) is 11.1. The van der Waals surface area contributed by atoms with Gasteiger partial charge < -0.3 is 23.5 Å². The van der Waals surface area contributed by atoms with Gasteiger partial charge in [-0.1, -0.05) is 17.3 Å². The second-order valence-corrected chi connectivity index (χ2v) is 16.4. The minimum absolute atomic E-state index is 0.144. The summed E-state index contributed by atoms with van der Waals surface area (Å²) < 4.78 is 17.2. The van der Waals surface area contributed by atoms with E-state index in [1.54, 1.807) is 53.8 Å². The van der Waals surface area contributed by atoms with Gasteiger partial charge in [-0.2, -0.15) is 5.10 Å². The van der Waals surface area contributed by atoms with Crippen molar-refractivity contribution in [2.75, 3.05) is 31.1 Å². The Morgan fingerprint density at radius 1 is 1.05 bits per heavy atom. The molecule has 0 radical (unpaired) electrons. The predicted octanol–water partition coefficient (Wildman–Crippen LogP) is 5.29. The number of nitrogens with zero attached hydrogens (tertiary/aromatic N) is 6. The van der Waals surface area contributed by atoms with Crippen LogP contribution in [0.4, 0.5) is 0 Å². The summed E-state index contributed by atoms with van der Waals surface area (Å²) in [4.78, 5) is 30.5. The molecule has 0 spiro atoms. The molecule has 0 aliphatic carbocycles. The fourth-order valence-electron chi connectivity index (χ4n) is 5.38. The predicted molar refractivity (Wildman–Crippen MR) is 173 cm³/mol. The van der Waals surface area contributed by atoms with Gasteiger partial charge in [0.2, 0.25) is 0 Å². The van der Waals surface area contributed by atoms with Gasteiger partial charge in [0.15, 0.2) is 5.76 Å². The number of hydrogen-bond donors (Lipinski definition) is 1. The molecule has 0 saturated heterocycles. The van der Waals surface area contributed by atoms with Crippen molar-refractivity contribution in [1.29, 1.82) is 0 Å². The molecule has 0 aliphatic rings. The van der Waals surface area contributed by atoms with Crippen molar-refractivity contribution >= 4 is 37.9 Å². The van der Waals surface area contributed by atoms with E-state index in [9.17, 15) is 14.7 Å². The molecule has 0 amide bonds. The summed E-state index contributed by atoms with van der Waals surface area (Å²) in [6, 6.07) is 10.3. The zero-order valence-corrected chi connectivity index (χ0v) is 26.3. The fourth-order valence-corrected chi connectivity index (χ4v) is 6.00. The van der Waals surface area contributed by atoms with Crippen LogP contribution < -0.4 is 5.56 Å². The third-order valence-electron chi connectivity index (χ3n) is 7.64. The van der Waals surface area contributed by atoms with Crippen LogP contribution in [0.25, 0.3) is 55.6 Å². The second-order valence-electron chi connectivity index (χ2n) is 11.8. The van der Waals surface area contributed by atoms with Gasteiger partial charge in [0, 0.05) is 54.0 Å². The number of aromatic nitrogens is 6. The van der Waals surface area contributed by atoms with E-state index in [4.69, 9.17) is 14.2 Å². The first kappa shape index (κ1) is 29.4. The summed E-state index contributed by atoms with van der Waals surface area (Å²) in [6.45, 7) is 2.69. The molecule has 12 heteroatoms. The highest BCUT2D eigenvalue weighted by Gasteiger charge is 2.26. The van der Waals surface area contributed by atoms with E-state index >= 15 is 0 Å². The van der Waals surface area contributed by atoms with Crippen LogP contribution in [0.1, 0.15) is 16.1 Å². The summed E-state index contributed by atoms with van der Waals surface area (Å²) in [7, 11) is 2.85. The summed E-state index contributed by atoms with van der Waals surface area (Å²) in [5, 5.41) is 19.6. The van der Waals surface area contributed by atoms with Crippen molar-refractivity contribution in [1.82, 2.24) is 29.1 Å². The Morgan fingerprint density at radius 2 is 1.80 bits per heavy atom. The molecule has 5 heterocycles. The molecule has 0 unspecified atom stereocenters. The molecule has 228 valence electrons. The standard InChI is InChI=1S/C32H34N6O5S/c1-19-13-26(43-35-19)29-27(20-7-9-21(10-8-20)32(40)41)28-23-14-24(22-15-34-36(2)17-22)38(18-42-11-12-44(4,5)6)30(23)33-16-25(28)37(3)31(29)39/h7-10,13-17H,11-12,18H2,1-6H3,(H,40,41). The van der Waals surface area contributed by atoms with Gasteiger partial charge in [-0.3, -0.25) is 9.48 Å². The first-order valence-electron chi connectivity index (χ1n) is 14.0. The topological polar surface area (TPSA) is 130 Å². The van der Waals surface area contributed by atoms with Crippen LogP contribution in [0.3, 0.4) is 0 Å². The van der Waals surface area contributed by atoms with Crippen LogP contribution >= 0.6 is 10.0 Å². The highest BCUT2D eigenvalue weighted by molar-refractivity contribution is 8.32. The lowest BCUT2D eigenvalue weighted by Gasteiger charge is -2.24. The molecule has 11 nitrogen and oxygen atoms in total. The largest absolute Gasteiger partial charge is 0.478 e. The third-order valence-corrected chi connectivity index (χ3v) is 9.03. The molecule has 0 aliphatic heterocycles. The number of hydrogen-bond acceptors (Lipinski definition) is 7. The minimum Gasteiger partial charge on any atom is -0.478 e. The van der Waals surface area contributed by atoms with Gasteiger partial charge in [0.1, 0.15) is 12.4 Å². The average molecular weight is 615 g/mol. The number of aromatic carboxylic acids is 1. The zero-order valence-electron chi connectivity index (χ0n) is 25.5. The quantitative estimate of drug-likeness (QED) is 0.218. The first-order valence-corrected chi connectivity index (χ1v) is 17.0. The maximum Gasteiger partial charge on any atom is 0.335 e. The van der Waals surface area contributed by atoms with Crippen LogP contribution in [-0.4, -0.2) is 71.3 Å². The first-order chi connectivity index (χ1) is 20.9. The van der Waals surface area contributed by atoms with E-state index in [0.717, 1.165) is 27.8 Å². The van der Waals surface area contributed by atoms with E-state index in [0.29, 0.717) is 45.9 Å². The Balaban J connectivity index is 1.68. The molecular weight excluding hydrogens is 580 g/mol. The van der Waals surface area contributed by atoms with Gasteiger partial charge >= 0.3 is 5.97 Å². The van der Waals surface area contributed by atoms with E-state index in [1.807, 2.05) is 17.8 Å².